The Hall–Kier alpha value is -3.48. The van der Waals surface area contributed by atoms with Crippen LogP contribution < -0.4 is 5.73 Å². The first-order chi connectivity index (χ1) is 14.5. The first-order valence-electron chi connectivity index (χ1n) is 9.95. The summed E-state index contributed by atoms with van der Waals surface area (Å²) in [5.41, 5.74) is 10.2. The number of halogens is 1. The van der Waals surface area contributed by atoms with Gasteiger partial charge in [0.05, 0.1) is 17.7 Å². The Kier molecular flexibility index (Phi) is 5.35. The average molecular weight is 405 g/mol. The van der Waals surface area contributed by atoms with Gasteiger partial charge in [0.2, 0.25) is 6.41 Å². The molecule has 1 atom stereocenters. The van der Waals surface area contributed by atoms with Crippen LogP contribution in [0.15, 0.2) is 55.1 Å². The molecule has 0 bridgehead atoms. The van der Waals surface area contributed by atoms with Crippen molar-refractivity contribution in [1.82, 2.24) is 18.9 Å². The lowest BCUT2D eigenvalue weighted by Crippen LogP contribution is -2.08. The number of pyridine rings is 1. The number of imidazole rings is 2. The first kappa shape index (κ1) is 19.8. The summed E-state index contributed by atoms with van der Waals surface area (Å²) in [6, 6.07) is 11.1. The molecule has 1 fully saturated rings. The number of rotatable bonds is 4. The summed E-state index contributed by atoms with van der Waals surface area (Å²) in [4.78, 5) is 17.7. The van der Waals surface area contributed by atoms with Crippen LogP contribution in [-0.2, 0) is 4.79 Å². The SMILES string of the molecule is Cc1cnc2ccc(-c3c(-c4ccc(F)cc4)ncn3C(C)C3CC3)cn12.NC=O. The van der Waals surface area contributed by atoms with Crippen molar-refractivity contribution < 1.29 is 9.18 Å². The molecule has 30 heavy (non-hydrogen) atoms. The van der Waals surface area contributed by atoms with Crippen molar-refractivity contribution in [2.45, 2.75) is 32.7 Å². The second-order valence-corrected chi connectivity index (χ2v) is 7.62. The molecule has 154 valence electrons. The van der Waals surface area contributed by atoms with Crippen LogP contribution in [0.3, 0.4) is 0 Å². The molecule has 3 heterocycles. The minimum absolute atomic E-state index is 0.235. The second kappa shape index (κ2) is 8.10. The third-order valence-electron chi connectivity index (χ3n) is 5.62. The van der Waals surface area contributed by atoms with Crippen molar-refractivity contribution in [3.63, 3.8) is 0 Å². The number of hydrogen-bond donors (Lipinski definition) is 1. The van der Waals surface area contributed by atoms with Gasteiger partial charge in [-0.3, -0.25) is 4.79 Å². The third-order valence-corrected chi connectivity index (χ3v) is 5.62. The van der Waals surface area contributed by atoms with E-state index in [2.05, 4.69) is 45.8 Å². The van der Waals surface area contributed by atoms with Crippen molar-refractivity contribution in [3.8, 4) is 22.5 Å². The van der Waals surface area contributed by atoms with Crippen LogP contribution in [-0.4, -0.2) is 25.3 Å². The largest absolute Gasteiger partial charge is 0.372 e. The van der Waals surface area contributed by atoms with E-state index in [1.807, 2.05) is 18.6 Å². The molecule has 6 nitrogen and oxygen atoms in total. The fourth-order valence-corrected chi connectivity index (χ4v) is 3.82. The molecule has 1 saturated carbocycles. The Balaban J connectivity index is 0.000000687. The van der Waals surface area contributed by atoms with Crippen LogP contribution in [0.1, 0.15) is 31.5 Å². The third kappa shape index (κ3) is 3.70. The van der Waals surface area contributed by atoms with Gasteiger partial charge in [-0.15, -0.1) is 0 Å². The van der Waals surface area contributed by atoms with E-state index in [1.165, 1.54) is 25.0 Å². The summed E-state index contributed by atoms with van der Waals surface area (Å²) in [6.45, 7) is 4.31. The van der Waals surface area contributed by atoms with Gasteiger partial charge < -0.3 is 14.7 Å². The fourth-order valence-electron chi connectivity index (χ4n) is 3.82. The van der Waals surface area contributed by atoms with Gasteiger partial charge in [-0.1, -0.05) is 0 Å². The molecular weight excluding hydrogens is 381 g/mol. The lowest BCUT2D eigenvalue weighted by Gasteiger charge is -2.17. The highest BCUT2D eigenvalue weighted by atomic mass is 19.1. The minimum atomic E-state index is -0.235. The Bertz CT molecular complexity index is 1170. The lowest BCUT2D eigenvalue weighted by molar-refractivity contribution is -0.106. The van der Waals surface area contributed by atoms with E-state index >= 15 is 0 Å². The molecule has 0 spiro atoms. The number of amides is 1. The number of aromatic nitrogens is 4. The van der Waals surface area contributed by atoms with Crippen LogP contribution in [0.4, 0.5) is 4.39 Å². The first-order valence-corrected chi connectivity index (χ1v) is 9.95. The molecule has 0 saturated heterocycles. The van der Waals surface area contributed by atoms with E-state index in [1.54, 1.807) is 12.1 Å². The summed E-state index contributed by atoms with van der Waals surface area (Å²) < 4.78 is 17.8. The Labute approximate surface area is 174 Å². The zero-order valence-corrected chi connectivity index (χ0v) is 17.0. The zero-order valence-electron chi connectivity index (χ0n) is 17.0. The Morgan fingerprint density at radius 2 is 1.80 bits per heavy atom. The van der Waals surface area contributed by atoms with Gasteiger partial charge >= 0.3 is 0 Å². The Morgan fingerprint density at radius 1 is 1.13 bits per heavy atom. The highest BCUT2D eigenvalue weighted by Crippen LogP contribution is 2.43. The van der Waals surface area contributed by atoms with Crippen LogP contribution in [0.5, 0.6) is 0 Å². The number of carbonyl (C=O) groups excluding carboxylic acids is 1. The fraction of sp³-hybridized carbons (Fsp3) is 0.261. The predicted molar refractivity (Wildman–Crippen MR) is 114 cm³/mol. The molecule has 0 aliphatic heterocycles. The summed E-state index contributed by atoms with van der Waals surface area (Å²) in [5.74, 6) is 0.472. The summed E-state index contributed by atoms with van der Waals surface area (Å²) in [7, 11) is 0. The smallest absolute Gasteiger partial charge is 0.204 e. The number of fused-ring (bicyclic) bond motifs is 1. The monoisotopic (exact) mass is 405 g/mol. The van der Waals surface area contributed by atoms with Crippen LogP contribution in [0.2, 0.25) is 0 Å². The maximum Gasteiger partial charge on any atom is 0.204 e. The highest BCUT2D eigenvalue weighted by molar-refractivity contribution is 5.79. The quantitative estimate of drug-likeness (QED) is 0.512. The van der Waals surface area contributed by atoms with Crippen LogP contribution in [0.25, 0.3) is 28.2 Å². The molecule has 0 radical (unpaired) electrons. The van der Waals surface area contributed by atoms with Crippen molar-refractivity contribution in [2.24, 2.45) is 11.7 Å². The van der Waals surface area contributed by atoms with E-state index in [0.717, 1.165) is 33.9 Å². The molecular formula is C23H24FN5O. The van der Waals surface area contributed by atoms with Gasteiger partial charge in [0.25, 0.3) is 0 Å². The van der Waals surface area contributed by atoms with Crippen molar-refractivity contribution >= 4 is 12.1 Å². The van der Waals surface area contributed by atoms with Crippen molar-refractivity contribution in [3.05, 3.63) is 66.6 Å². The number of primary amides is 1. The van der Waals surface area contributed by atoms with Crippen LogP contribution >= 0.6 is 0 Å². The molecule has 1 amide bonds. The highest BCUT2D eigenvalue weighted by Gasteiger charge is 2.31. The molecule has 3 aromatic heterocycles. The van der Waals surface area contributed by atoms with Gasteiger partial charge in [-0.05, 0) is 69.0 Å². The number of nitrogens with two attached hydrogens (primary N) is 1. The van der Waals surface area contributed by atoms with Crippen molar-refractivity contribution in [2.75, 3.05) is 0 Å². The second-order valence-electron chi connectivity index (χ2n) is 7.62. The Morgan fingerprint density at radius 3 is 2.47 bits per heavy atom. The lowest BCUT2D eigenvalue weighted by atomic mass is 10.0. The van der Waals surface area contributed by atoms with Gasteiger partial charge in [0.15, 0.2) is 0 Å². The molecule has 1 aromatic carbocycles. The molecule has 1 aliphatic rings. The maximum atomic E-state index is 13.4. The number of aryl methyl sites for hydroxylation is 1. The van der Waals surface area contributed by atoms with E-state index < -0.39 is 0 Å². The molecule has 1 unspecified atom stereocenters. The standard InChI is InChI=1S/C22H21FN4.CH3NO/c1-14-11-24-20-10-7-18(12-26(14)20)22-21(17-5-8-19(23)9-6-17)25-13-27(22)15(2)16-3-4-16;2-1-3/h5-13,15-16H,3-4H2,1-2H3;1H,(H2,2,3). The van der Waals surface area contributed by atoms with E-state index in [4.69, 9.17) is 9.78 Å². The summed E-state index contributed by atoms with van der Waals surface area (Å²) >= 11 is 0. The molecule has 2 N–H and O–H groups in total. The molecule has 5 rings (SSSR count). The van der Waals surface area contributed by atoms with Crippen molar-refractivity contribution in [1.29, 1.82) is 0 Å². The predicted octanol–water partition coefficient (Wildman–Crippen LogP) is 4.38. The number of hydrogen-bond acceptors (Lipinski definition) is 3. The number of benzene rings is 1. The zero-order chi connectivity index (χ0) is 21.3. The summed E-state index contributed by atoms with van der Waals surface area (Å²) in [6.07, 6.45) is 8.72. The topological polar surface area (TPSA) is 78.2 Å². The van der Waals surface area contributed by atoms with E-state index in [0.29, 0.717) is 12.0 Å². The van der Waals surface area contributed by atoms with E-state index in [9.17, 15) is 4.39 Å². The van der Waals surface area contributed by atoms with Gasteiger partial charge in [0.1, 0.15) is 11.5 Å². The average Bonchev–Trinajstić information content (AvgIpc) is 3.41. The van der Waals surface area contributed by atoms with Gasteiger partial charge in [-0.25, -0.2) is 14.4 Å². The summed E-state index contributed by atoms with van der Waals surface area (Å²) in [5, 5.41) is 0. The molecule has 7 heteroatoms. The van der Waals surface area contributed by atoms with Gasteiger partial charge in [0, 0.05) is 35.3 Å². The minimum Gasteiger partial charge on any atom is -0.372 e. The van der Waals surface area contributed by atoms with E-state index in [-0.39, 0.29) is 12.2 Å². The van der Waals surface area contributed by atoms with Crippen LogP contribution in [0, 0.1) is 18.7 Å². The normalized spacial score (nSPS) is 14.2. The van der Waals surface area contributed by atoms with Gasteiger partial charge in [-0.2, -0.15) is 0 Å². The molecule has 4 aromatic rings. The molecule has 1 aliphatic carbocycles. The maximum absolute atomic E-state index is 13.4. The number of nitrogens with zero attached hydrogens (tertiary/aromatic N) is 4. The number of carbonyl (C=O) groups is 1.